The summed E-state index contributed by atoms with van der Waals surface area (Å²) < 4.78 is 0. The molecule has 0 bridgehead atoms. The normalized spacial score (nSPS) is 12.3. The van der Waals surface area contributed by atoms with Gasteiger partial charge in [-0.3, -0.25) is 4.79 Å². The molecule has 0 fully saturated rings. The fraction of sp³-hybridized carbons (Fsp3) is 0.562. The van der Waals surface area contributed by atoms with Crippen molar-refractivity contribution < 1.29 is 4.79 Å². The predicted molar refractivity (Wildman–Crippen MR) is 81.1 cm³/mol. The number of carbonyl (C=O) groups is 1. The van der Waals surface area contributed by atoms with Gasteiger partial charge in [0.2, 0.25) is 5.91 Å². The molecule has 3 heteroatoms. The van der Waals surface area contributed by atoms with Crippen molar-refractivity contribution in [3.63, 3.8) is 0 Å². The van der Waals surface area contributed by atoms with Crippen molar-refractivity contribution in [1.29, 1.82) is 0 Å². The zero-order chi connectivity index (χ0) is 14.7. The summed E-state index contributed by atoms with van der Waals surface area (Å²) in [6.07, 6.45) is 2.19. The third kappa shape index (κ3) is 3.80. The van der Waals surface area contributed by atoms with Crippen LogP contribution in [0.4, 0.5) is 5.69 Å². The summed E-state index contributed by atoms with van der Waals surface area (Å²) >= 11 is 0. The van der Waals surface area contributed by atoms with Crippen molar-refractivity contribution in [1.82, 2.24) is 0 Å². The minimum Gasteiger partial charge on any atom is -0.326 e. The Morgan fingerprint density at radius 1 is 1.16 bits per heavy atom. The van der Waals surface area contributed by atoms with Crippen molar-refractivity contribution >= 4 is 11.6 Å². The molecule has 0 atom stereocenters. The molecule has 3 N–H and O–H groups in total. The Labute approximate surface area is 116 Å². The van der Waals surface area contributed by atoms with E-state index in [-0.39, 0.29) is 5.91 Å². The van der Waals surface area contributed by atoms with Gasteiger partial charge in [-0.05, 0) is 51.8 Å². The van der Waals surface area contributed by atoms with Gasteiger partial charge < -0.3 is 11.1 Å². The zero-order valence-electron chi connectivity index (χ0n) is 12.7. The topological polar surface area (TPSA) is 55.1 Å². The molecule has 106 valence electrons. The number of hydrogen-bond acceptors (Lipinski definition) is 2. The molecule has 3 nitrogen and oxygen atoms in total. The lowest BCUT2D eigenvalue weighted by atomic mass is 9.74. The van der Waals surface area contributed by atoms with Crippen molar-refractivity contribution in [2.24, 2.45) is 11.1 Å². The second-order valence-electron chi connectivity index (χ2n) is 6.25. The largest absolute Gasteiger partial charge is 0.326 e. The highest BCUT2D eigenvalue weighted by Gasteiger charge is 2.40. The maximum absolute atomic E-state index is 12.3. The van der Waals surface area contributed by atoms with E-state index >= 15 is 0 Å². The fourth-order valence-electron chi connectivity index (χ4n) is 1.62. The van der Waals surface area contributed by atoms with Gasteiger partial charge in [0.25, 0.3) is 0 Å². The molecule has 0 saturated carbocycles. The Morgan fingerprint density at radius 2 is 1.68 bits per heavy atom. The first-order valence-corrected chi connectivity index (χ1v) is 6.87. The van der Waals surface area contributed by atoms with E-state index in [1.54, 1.807) is 0 Å². The van der Waals surface area contributed by atoms with Gasteiger partial charge in [0.15, 0.2) is 0 Å². The van der Waals surface area contributed by atoms with Gasteiger partial charge >= 0.3 is 0 Å². The average molecular weight is 262 g/mol. The summed E-state index contributed by atoms with van der Waals surface area (Å²) in [6, 6.07) is 8.00. The third-order valence-electron chi connectivity index (χ3n) is 3.93. The van der Waals surface area contributed by atoms with Gasteiger partial charge in [0.1, 0.15) is 0 Å². The molecular formula is C16H26N2O. The fourth-order valence-corrected chi connectivity index (χ4v) is 1.62. The quantitative estimate of drug-likeness (QED) is 0.855. The van der Waals surface area contributed by atoms with Gasteiger partial charge in [0.05, 0.1) is 5.41 Å². The summed E-state index contributed by atoms with van der Waals surface area (Å²) in [5, 5.41) is 2.94. The van der Waals surface area contributed by atoms with Gasteiger partial charge in [-0.25, -0.2) is 0 Å². The lowest BCUT2D eigenvalue weighted by Gasteiger charge is -2.36. The van der Waals surface area contributed by atoms with Crippen LogP contribution in [0.15, 0.2) is 24.3 Å². The molecule has 0 spiro atoms. The minimum atomic E-state index is -0.630. The van der Waals surface area contributed by atoms with E-state index in [4.69, 9.17) is 5.73 Å². The van der Waals surface area contributed by atoms with Gasteiger partial charge in [0, 0.05) is 11.2 Å². The Hall–Kier alpha value is -1.35. The van der Waals surface area contributed by atoms with Crippen molar-refractivity contribution in [3.05, 3.63) is 29.8 Å². The molecule has 0 heterocycles. The van der Waals surface area contributed by atoms with Crippen molar-refractivity contribution in [2.75, 3.05) is 5.32 Å². The van der Waals surface area contributed by atoms with Gasteiger partial charge in [-0.1, -0.05) is 25.5 Å². The van der Waals surface area contributed by atoms with Crippen LogP contribution in [0.2, 0.25) is 0 Å². The van der Waals surface area contributed by atoms with E-state index in [1.807, 2.05) is 39.8 Å². The van der Waals surface area contributed by atoms with Crippen LogP contribution in [0.3, 0.4) is 0 Å². The highest BCUT2D eigenvalue weighted by Crippen LogP contribution is 2.29. The second-order valence-corrected chi connectivity index (χ2v) is 6.25. The van der Waals surface area contributed by atoms with Crippen molar-refractivity contribution in [3.8, 4) is 0 Å². The van der Waals surface area contributed by atoms with Gasteiger partial charge in [-0.2, -0.15) is 0 Å². The summed E-state index contributed by atoms with van der Waals surface area (Å²) in [5.41, 5.74) is 6.98. The Bertz CT molecular complexity index is 427. The highest BCUT2D eigenvalue weighted by atomic mass is 16.2. The number of carbonyl (C=O) groups excluding carboxylic acids is 1. The molecule has 0 aliphatic heterocycles. The van der Waals surface area contributed by atoms with E-state index < -0.39 is 11.0 Å². The van der Waals surface area contributed by atoms with E-state index in [0.29, 0.717) is 0 Å². The molecule has 0 unspecified atom stereocenters. The first-order chi connectivity index (χ1) is 8.68. The van der Waals surface area contributed by atoms with Crippen LogP contribution in [-0.2, 0) is 11.2 Å². The lowest BCUT2D eigenvalue weighted by Crippen LogP contribution is -2.53. The van der Waals surface area contributed by atoms with Crippen LogP contribution in [0.5, 0.6) is 0 Å². The molecule has 0 saturated heterocycles. The predicted octanol–water partition coefficient (Wildman–Crippen LogP) is 3.34. The number of benzene rings is 1. The maximum Gasteiger partial charge on any atom is 0.231 e. The molecule has 0 aliphatic rings. The number of rotatable bonds is 5. The van der Waals surface area contributed by atoms with E-state index in [2.05, 4.69) is 24.4 Å². The van der Waals surface area contributed by atoms with Crippen LogP contribution < -0.4 is 11.1 Å². The molecule has 0 radical (unpaired) electrons. The second kappa shape index (κ2) is 5.74. The Morgan fingerprint density at radius 3 is 2.11 bits per heavy atom. The molecule has 1 aromatic carbocycles. The van der Waals surface area contributed by atoms with Crippen molar-refractivity contribution in [2.45, 2.75) is 53.0 Å². The zero-order valence-corrected chi connectivity index (χ0v) is 12.7. The molecule has 0 aliphatic carbocycles. The SMILES string of the molecule is CCCc1ccc(NC(=O)C(C)(C)C(C)(C)N)cc1. The molecular weight excluding hydrogens is 236 g/mol. The van der Waals surface area contributed by atoms with E-state index in [1.165, 1.54) is 5.56 Å². The molecule has 1 amide bonds. The van der Waals surface area contributed by atoms with E-state index in [9.17, 15) is 4.79 Å². The summed E-state index contributed by atoms with van der Waals surface area (Å²) in [4.78, 5) is 12.3. The number of aryl methyl sites for hydroxylation is 1. The maximum atomic E-state index is 12.3. The molecule has 19 heavy (non-hydrogen) atoms. The molecule has 0 aromatic heterocycles. The summed E-state index contributed by atoms with van der Waals surface area (Å²) in [5.74, 6) is -0.0526. The monoisotopic (exact) mass is 262 g/mol. The first-order valence-electron chi connectivity index (χ1n) is 6.87. The molecule has 1 rings (SSSR count). The number of hydrogen-bond donors (Lipinski definition) is 2. The van der Waals surface area contributed by atoms with E-state index in [0.717, 1.165) is 18.5 Å². The lowest BCUT2D eigenvalue weighted by molar-refractivity contribution is -0.126. The Balaban J connectivity index is 2.77. The van der Waals surface area contributed by atoms with Crippen LogP contribution in [0.25, 0.3) is 0 Å². The van der Waals surface area contributed by atoms with Crippen LogP contribution in [0.1, 0.15) is 46.6 Å². The number of anilines is 1. The summed E-state index contributed by atoms with van der Waals surface area (Å²) in [6.45, 7) is 9.64. The minimum absolute atomic E-state index is 0.0526. The highest BCUT2D eigenvalue weighted by molar-refractivity contribution is 5.95. The Kier molecular flexibility index (Phi) is 4.75. The van der Waals surface area contributed by atoms with Crippen LogP contribution >= 0.6 is 0 Å². The van der Waals surface area contributed by atoms with Crippen LogP contribution in [-0.4, -0.2) is 11.4 Å². The third-order valence-corrected chi connectivity index (χ3v) is 3.93. The first kappa shape index (κ1) is 15.7. The van der Waals surface area contributed by atoms with Crippen LogP contribution in [0, 0.1) is 5.41 Å². The van der Waals surface area contributed by atoms with Gasteiger partial charge in [-0.15, -0.1) is 0 Å². The standard InChI is InChI=1S/C16H26N2O/c1-6-7-12-8-10-13(11-9-12)18-14(19)15(2,3)16(4,5)17/h8-11H,6-7,17H2,1-5H3,(H,18,19). The average Bonchev–Trinajstić information content (AvgIpc) is 2.30. The smallest absolute Gasteiger partial charge is 0.231 e. The number of amides is 1. The number of nitrogens with two attached hydrogens (primary N) is 1. The molecule has 1 aromatic rings. The number of nitrogens with one attached hydrogen (secondary N) is 1. The summed E-state index contributed by atoms with van der Waals surface area (Å²) in [7, 11) is 0.